The van der Waals surface area contributed by atoms with E-state index >= 15 is 0 Å². The summed E-state index contributed by atoms with van der Waals surface area (Å²) in [5.41, 5.74) is 2.32. The van der Waals surface area contributed by atoms with Crippen molar-refractivity contribution in [2.75, 3.05) is 39.5 Å². The van der Waals surface area contributed by atoms with Crippen molar-refractivity contribution >= 4 is 0 Å². The predicted octanol–water partition coefficient (Wildman–Crippen LogP) is 1.77. The first-order valence-corrected chi connectivity index (χ1v) is 7.57. The van der Waals surface area contributed by atoms with E-state index in [-0.39, 0.29) is 6.10 Å². The van der Waals surface area contributed by atoms with Gasteiger partial charge in [0.2, 0.25) is 0 Å². The molecular formula is C16H23NO3. The van der Waals surface area contributed by atoms with Gasteiger partial charge in [-0.15, -0.1) is 0 Å². The second-order valence-electron chi connectivity index (χ2n) is 5.57. The van der Waals surface area contributed by atoms with Crippen LogP contribution in [0, 0.1) is 0 Å². The van der Waals surface area contributed by atoms with E-state index in [2.05, 4.69) is 11.0 Å². The minimum Gasteiger partial charge on any atom is -0.492 e. The minimum absolute atomic E-state index is 0.318. The van der Waals surface area contributed by atoms with Gasteiger partial charge in [0.1, 0.15) is 12.4 Å². The van der Waals surface area contributed by atoms with Crippen LogP contribution in [0.2, 0.25) is 0 Å². The fourth-order valence-corrected chi connectivity index (χ4v) is 2.96. The summed E-state index contributed by atoms with van der Waals surface area (Å²) in [6, 6.07) is 6.14. The summed E-state index contributed by atoms with van der Waals surface area (Å²) < 4.78 is 11.2. The van der Waals surface area contributed by atoms with Crippen LogP contribution >= 0.6 is 0 Å². The third kappa shape index (κ3) is 3.32. The number of benzene rings is 1. The van der Waals surface area contributed by atoms with Gasteiger partial charge in [-0.3, -0.25) is 4.90 Å². The molecule has 0 bridgehead atoms. The quantitative estimate of drug-likeness (QED) is 0.911. The Kier molecular flexibility index (Phi) is 4.55. The molecule has 1 aliphatic carbocycles. The average Bonchev–Trinajstić information content (AvgIpc) is 2.49. The van der Waals surface area contributed by atoms with Gasteiger partial charge in [-0.05, 0) is 42.5 Å². The maximum absolute atomic E-state index is 10.0. The Bertz CT molecular complexity index is 443. The molecule has 1 atom stereocenters. The molecule has 1 aromatic carbocycles. The highest BCUT2D eigenvalue weighted by Gasteiger charge is 2.18. The predicted molar refractivity (Wildman–Crippen MR) is 77.1 cm³/mol. The lowest BCUT2D eigenvalue weighted by Crippen LogP contribution is -2.38. The normalized spacial score (nSPS) is 23.4. The second kappa shape index (κ2) is 6.57. The minimum atomic E-state index is -0.318. The maximum Gasteiger partial charge on any atom is 0.119 e. The van der Waals surface area contributed by atoms with E-state index in [1.165, 1.54) is 5.56 Å². The van der Waals surface area contributed by atoms with E-state index in [9.17, 15) is 5.11 Å². The smallest absolute Gasteiger partial charge is 0.119 e. The zero-order chi connectivity index (χ0) is 13.8. The third-order valence-corrected chi connectivity index (χ3v) is 4.18. The fourth-order valence-electron chi connectivity index (χ4n) is 2.96. The van der Waals surface area contributed by atoms with Crippen LogP contribution in [0.5, 0.6) is 5.75 Å². The van der Waals surface area contributed by atoms with E-state index in [1.807, 2.05) is 12.1 Å². The number of fused-ring (bicyclic) bond motifs is 1. The lowest BCUT2D eigenvalue weighted by Gasteiger charge is -2.26. The molecule has 0 saturated carbocycles. The van der Waals surface area contributed by atoms with Crippen LogP contribution in [-0.4, -0.2) is 49.5 Å². The molecule has 2 aliphatic rings. The number of ether oxygens (including phenoxy) is 2. The molecule has 0 radical (unpaired) electrons. The van der Waals surface area contributed by atoms with E-state index < -0.39 is 0 Å². The fraction of sp³-hybridized carbons (Fsp3) is 0.625. The molecule has 1 N–H and O–H groups in total. The monoisotopic (exact) mass is 277 g/mol. The summed E-state index contributed by atoms with van der Waals surface area (Å²) in [6.07, 6.45) is 2.69. The van der Waals surface area contributed by atoms with Crippen molar-refractivity contribution in [2.45, 2.75) is 25.4 Å². The molecule has 1 aliphatic heterocycles. The van der Waals surface area contributed by atoms with Gasteiger partial charge >= 0.3 is 0 Å². The van der Waals surface area contributed by atoms with Crippen molar-refractivity contribution in [3.63, 3.8) is 0 Å². The average molecular weight is 277 g/mol. The molecule has 3 rings (SSSR count). The third-order valence-electron chi connectivity index (χ3n) is 4.18. The first kappa shape index (κ1) is 13.9. The summed E-state index contributed by atoms with van der Waals surface area (Å²) >= 11 is 0. The van der Waals surface area contributed by atoms with E-state index in [0.29, 0.717) is 6.61 Å². The van der Waals surface area contributed by atoms with Gasteiger partial charge in [-0.25, -0.2) is 0 Å². The highest BCUT2D eigenvalue weighted by Crippen LogP contribution is 2.32. The SMILES string of the molecule is O[C@@H]1CCCc2ccc(OCCN3CCOCC3)cc21. The molecule has 0 aromatic heterocycles. The molecule has 1 saturated heterocycles. The molecule has 1 heterocycles. The van der Waals surface area contributed by atoms with Gasteiger partial charge in [0.15, 0.2) is 0 Å². The molecule has 110 valence electrons. The second-order valence-corrected chi connectivity index (χ2v) is 5.57. The topological polar surface area (TPSA) is 41.9 Å². The van der Waals surface area contributed by atoms with Crippen LogP contribution in [0.25, 0.3) is 0 Å². The number of aryl methyl sites for hydroxylation is 1. The van der Waals surface area contributed by atoms with Crippen LogP contribution in [0.4, 0.5) is 0 Å². The van der Waals surface area contributed by atoms with Crippen LogP contribution in [0.1, 0.15) is 30.1 Å². The number of aliphatic hydroxyl groups excluding tert-OH is 1. The van der Waals surface area contributed by atoms with Gasteiger partial charge in [0.05, 0.1) is 19.3 Å². The number of rotatable bonds is 4. The van der Waals surface area contributed by atoms with Crippen LogP contribution in [0.15, 0.2) is 18.2 Å². The van der Waals surface area contributed by atoms with Gasteiger partial charge in [0.25, 0.3) is 0 Å². The zero-order valence-corrected chi connectivity index (χ0v) is 11.9. The summed E-state index contributed by atoms with van der Waals surface area (Å²) in [4.78, 5) is 2.36. The molecule has 4 nitrogen and oxygen atoms in total. The molecule has 1 fully saturated rings. The first-order valence-electron chi connectivity index (χ1n) is 7.57. The van der Waals surface area contributed by atoms with Gasteiger partial charge in [-0.2, -0.15) is 0 Å². The molecule has 0 amide bonds. The molecule has 0 unspecified atom stereocenters. The molecule has 0 spiro atoms. The van der Waals surface area contributed by atoms with E-state index in [0.717, 1.165) is 63.4 Å². The van der Waals surface area contributed by atoms with Crippen LogP contribution in [0.3, 0.4) is 0 Å². The number of nitrogens with zero attached hydrogens (tertiary/aromatic N) is 1. The van der Waals surface area contributed by atoms with Crippen molar-refractivity contribution in [1.82, 2.24) is 4.90 Å². The largest absolute Gasteiger partial charge is 0.492 e. The van der Waals surface area contributed by atoms with Crippen molar-refractivity contribution in [3.05, 3.63) is 29.3 Å². The Hall–Kier alpha value is -1.10. The Balaban J connectivity index is 1.53. The van der Waals surface area contributed by atoms with Crippen molar-refractivity contribution in [1.29, 1.82) is 0 Å². The lowest BCUT2D eigenvalue weighted by atomic mass is 9.89. The summed E-state index contributed by atoms with van der Waals surface area (Å²) in [5, 5.41) is 10.0. The Morgan fingerprint density at radius 2 is 2.15 bits per heavy atom. The van der Waals surface area contributed by atoms with Gasteiger partial charge in [0, 0.05) is 19.6 Å². The summed E-state index contributed by atoms with van der Waals surface area (Å²) in [5.74, 6) is 0.873. The molecule has 20 heavy (non-hydrogen) atoms. The number of aliphatic hydroxyl groups is 1. The van der Waals surface area contributed by atoms with E-state index in [1.54, 1.807) is 0 Å². The number of morpholine rings is 1. The number of hydrogen-bond acceptors (Lipinski definition) is 4. The summed E-state index contributed by atoms with van der Waals surface area (Å²) in [6.45, 7) is 5.26. The number of hydrogen-bond donors (Lipinski definition) is 1. The standard InChI is InChI=1S/C16H23NO3/c18-16-3-1-2-13-4-5-14(12-15(13)16)20-11-8-17-6-9-19-10-7-17/h4-5,12,16,18H,1-3,6-11H2/t16-/m1/s1. The van der Waals surface area contributed by atoms with Crippen molar-refractivity contribution in [3.8, 4) is 5.75 Å². The summed E-state index contributed by atoms with van der Waals surface area (Å²) in [7, 11) is 0. The van der Waals surface area contributed by atoms with Crippen LogP contribution < -0.4 is 4.74 Å². The highest BCUT2D eigenvalue weighted by molar-refractivity contribution is 5.38. The van der Waals surface area contributed by atoms with Crippen LogP contribution in [-0.2, 0) is 11.2 Å². The molecular weight excluding hydrogens is 254 g/mol. The first-order chi connectivity index (χ1) is 9.83. The Morgan fingerprint density at radius 3 is 3.00 bits per heavy atom. The van der Waals surface area contributed by atoms with E-state index in [4.69, 9.17) is 9.47 Å². The molecule has 4 heteroatoms. The molecule has 1 aromatic rings. The van der Waals surface area contributed by atoms with Crippen molar-refractivity contribution in [2.24, 2.45) is 0 Å². The Labute approximate surface area is 120 Å². The lowest BCUT2D eigenvalue weighted by molar-refractivity contribution is 0.0322. The maximum atomic E-state index is 10.0. The van der Waals surface area contributed by atoms with Gasteiger partial charge in [-0.1, -0.05) is 6.07 Å². The van der Waals surface area contributed by atoms with Crippen molar-refractivity contribution < 1.29 is 14.6 Å². The Morgan fingerprint density at radius 1 is 1.30 bits per heavy atom. The highest BCUT2D eigenvalue weighted by atomic mass is 16.5. The van der Waals surface area contributed by atoms with Gasteiger partial charge < -0.3 is 14.6 Å². The zero-order valence-electron chi connectivity index (χ0n) is 11.9.